The Morgan fingerprint density at radius 1 is 1.28 bits per heavy atom. The Labute approximate surface area is 154 Å². The number of hydrogen-bond acceptors (Lipinski definition) is 5. The van der Waals surface area contributed by atoms with Crippen molar-refractivity contribution < 1.29 is 18.7 Å². The largest absolute Gasteiger partial charge is 0.493 e. The van der Waals surface area contributed by atoms with Crippen LogP contribution in [0.1, 0.15) is 41.4 Å². The molecule has 3 N–H and O–H groups in total. The summed E-state index contributed by atoms with van der Waals surface area (Å²) in [6.07, 6.45) is 3.48. The number of benzene rings is 1. The predicted octanol–water partition coefficient (Wildman–Crippen LogP) is 3.28. The number of nitrogens with one attached hydrogen (secondary N) is 1. The van der Waals surface area contributed by atoms with Gasteiger partial charge in [0.05, 0.1) is 25.8 Å². The Morgan fingerprint density at radius 2 is 2.08 bits per heavy atom. The van der Waals surface area contributed by atoms with E-state index in [1.165, 1.54) is 6.26 Å². The molecule has 0 aliphatic heterocycles. The van der Waals surface area contributed by atoms with Gasteiger partial charge in [-0.1, -0.05) is 19.4 Å². The number of amides is 1. The van der Waals surface area contributed by atoms with Crippen LogP contribution >= 0.6 is 12.4 Å². The fraction of sp³-hybridized carbons (Fsp3) is 0.389. The van der Waals surface area contributed by atoms with E-state index in [2.05, 4.69) is 12.2 Å². The van der Waals surface area contributed by atoms with E-state index in [-0.39, 0.29) is 24.9 Å². The molecular weight excluding hydrogens is 344 g/mol. The first-order chi connectivity index (χ1) is 11.7. The number of unbranched alkanes of at least 4 members (excludes halogenated alkanes) is 1. The second-order valence-corrected chi connectivity index (χ2v) is 5.38. The van der Waals surface area contributed by atoms with Gasteiger partial charge in [-0.2, -0.15) is 0 Å². The lowest BCUT2D eigenvalue weighted by atomic mass is 10.2. The molecule has 1 heterocycles. The van der Waals surface area contributed by atoms with Gasteiger partial charge < -0.3 is 24.9 Å². The second kappa shape index (κ2) is 10.6. The molecular formula is C18H25ClN2O4. The highest BCUT2D eigenvalue weighted by atomic mass is 35.5. The molecule has 0 bridgehead atoms. The number of methoxy groups -OCH3 is 1. The monoisotopic (exact) mass is 368 g/mol. The minimum atomic E-state index is -0.208. The summed E-state index contributed by atoms with van der Waals surface area (Å²) in [5.41, 5.74) is 6.85. The molecule has 0 aliphatic carbocycles. The highest BCUT2D eigenvalue weighted by Gasteiger charge is 2.11. The first-order valence-electron chi connectivity index (χ1n) is 8.03. The molecule has 0 spiro atoms. The van der Waals surface area contributed by atoms with Crippen molar-refractivity contribution >= 4 is 18.3 Å². The fourth-order valence-electron chi connectivity index (χ4n) is 2.16. The molecule has 138 valence electrons. The van der Waals surface area contributed by atoms with Crippen LogP contribution in [0.25, 0.3) is 0 Å². The number of ether oxygens (including phenoxy) is 2. The summed E-state index contributed by atoms with van der Waals surface area (Å²) in [5.74, 6) is 1.74. The Kier molecular flexibility index (Phi) is 8.88. The third-order valence-corrected chi connectivity index (χ3v) is 3.55. The third-order valence-electron chi connectivity index (χ3n) is 3.55. The quantitative estimate of drug-likeness (QED) is 0.663. The van der Waals surface area contributed by atoms with Crippen LogP contribution in [0.4, 0.5) is 0 Å². The van der Waals surface area contributed by atoms with Gasteiger partial charge in [-0.3, -0.25) is 4.79 Å². The average molecular weight is 369 g/mol. The Balaban J connectivity index is 0.00000312. The standard InChI is InChI=1S/C18H24N2O4.ClH/c1-3-4-7-23-16-6-5-13(8-17(16)22-2)11-20-18(21)14-9-15(10-19)24-12-14;/h5-6,8-9,12H,3-4,7,10-11,19H2,1-2H3,(H,20,21);1H. The fourth-order valence-corrected chi connectivity index (χ4v) is 2.16. The average Bonchev–Trinajstić information content (AvgIpc) is 3.09. The van der Waals surface area contributed by atoms with Crippen LogP contribution < -0.4 is 20.5 Å². The number of carbonyl (C=O) groups excluding carboxylic acids is 1. The molecule has 0 aliphatic rings. The molecule has 6 nitrogen and oxygen atoms in total. The van der Waals surface area contributed by atoms with E-state index >= 15 is 0 Å². The van der Waals surface area contributed by atoms with Crippen molar-refractivity contribution in [3.05, 3.63) is 47.4 Å². The summed E-state index contributed by atoms with van der Waals surface area (Å²) in [4.78, 5) is 12.1. The second-order valence-electron chi connectivity index (χ2n) is 5.38. The summed E-state index contributed by atoms with van der Waals surface area (Å²) in [6, 6.07) is 7.27. The van der Waals surface area contributed by atoms with Crippen molar-refractivity contribution in [3.8, 4) is 11.5 Å². The minimum absolute atomic E-state index is 0. The van der Waals surface area contributed by atoms with Crippen LogP contribution in [0.2, 0.25) is 0 Å². The number of carbonyl (C=O) groups is 1. The Hall–Kier alpha value is -2.18. The summed E-state index contributed by atoms with van der Waals surface area (Å²) in [7, 11) is 1.60. The van der Waals surface area contributed by atoms with Gasteiger partial charge in [-0.25, -0.2) is 0 Å². The van der Waals surface area contributed by atoms with E-state index in [0.29, 0.717) is 36.0 Å². The predicted molar refractivity (Wildman–Crippen MR) is 98.4 cm³/mol. The van der Waals surface area contributed by atoms with Crippen LogP contribution in [-0.4, -0.2) is 19.6 Å². The summed E-state index contributed by atoms with van der Waals surface area (Å²) >= 11 is 0. The number of nitrogens with two attached hydrogens (primary N) is 1. The molecule has 7 heteroatoms. The van der Waals surface area contributed by atoms with E-state index in [9.17, 15) is 4.79 Å². The SMILES string of the molecule is CCCCOc1ccc(CNC(=O)c2coc(CN)c2)cc1OC.Cl. The van der Waals surface area contributed by atoms with E-state index in [1.807, 2.05) is 18.2 Å². The Bertz CT molecular complexity index is 673. The molecule has 25 heavy (non-hydrogen) atoms. The maximum absolute atomic E-state index is 12.1. The number of halogens is 1. The lowest BCUT2D eigenvalue weighted by molar-refractivity contribution is 0.0950. The zero-order chi connectivity index (χ0) is 17.4. The van der Waals surface area contributed by atoms with Crippen molar-refractivity contribution in [3.63, 3.8) is 0 Å². The van der Waals surface area contributed by atoms with Crippen molar-refractivity contribution in [1.29, 1.82) is 0 Å². The van der Waals surface area contributed by atoms with Gasteiger partial charge in [0.15, 0.2) is 11.5 Å². The molecule has 0 saturated heterocycles. The zero-order valence-electron chi connectivity index (χ0n) is 14.5. The first kappa shape index (κ1) is 20.9. The molecule has 0 unspecified atom stereocenters. The van der Waals surface area contributed by atoms with Gasteiger partial charge >= 0.3 is 0 Å². The molecule has 1 aromatic heterocycles. The van der Waals surface area contributed by atoms with Gasteiger partial charge in [0.25, 0.3) is 5.91 Å². The van der Waals surface area contributed by atoms with Crippen LogP contribution in [0, 0.1) is 0 Å². The van der Waals surface area contributed by atoms with Gasteiger partial charge in [0, 0.05) is 6.54 Å². The molecule has 0 fully saturated rings. The number of rotatable bonds is 9. The van der Waals surface area contributed by atoms with E-state index in [4.69, 9.17) is 19.6 Å². The van der Waals surface area contributed by atoms with Crippen molar-refractivity contribution in [2.24, 2.45) is 5.73 Å². The highest BCUT2D eigenvalue weighted by Crippen LogP contribution is 2.28. The van der Waals surface area contributed by atoms with Gasteiger partial charge in [-0.15, -0.1) is 12.4 Å². The van der Waals surface area contributed by atoms with Gasteiger partial charge in [0.2, 0.25) is 0 Å². The van der Waals surface area contributed by atoms with Crippen molar-refractivity contribution in [1.82, 2.24) is 5.32 Å². The molecule has 0 saturated carbocycles. The van der Waals surface area contributed by atoms with E-state index < -0.39 is 0 Å². The van der Waals surface area contributed by atoms with Crippen LogP contribution in [0.15, 0.2) is 34.9 Å². The first-order valence-corrected chi connectivity index (χ1v) is 8.03. The topological polar surface area (TPSA) is 86.7 Å². The normalized spacial score (nSPS) is 10.0. The lowest BCUT2D eigenvalue weighted by Crippen LogP contribution is -2.22. The summed E-state index contributed by atoms with van der Waals surface area (Å²) in [5, 5.41) is 2.84. The minimum Gasteiger partial charge on any atom is -0.493 e. The maximum Gasteiger partial charge on any atom is 0.254 e. The van der Waals surface area contributed by atoms with E-state index in [0.717, 1.165) is 18.4 Å². The molecule has 1 aromatic carbocycles. The number of furan rings is 1. The van der Waals surface area contributed by atoms with E-state index in [1.54, 1.807) is 13.2 Å². The molecule has 1 amide bonds. The Morgan fingerprint density at radius 3 is 2.72 bits per heavy atom. The van der Waals surface area contributed by atoms with Gasteiger partial charge in [0.1, 0.15) is 12.0 Å². The lowest BCUT2D eigenvalue weighted by Gasteiger charge is -2.12. The molecule has 2 aromatic rings. The zero-order valence-corrected chi connectivity index (χ0v) is 15.4. The smallest absolute Gasteiger partial charge is 0.254 e. The molecule has 0 atom stereocenters. The highest BCUT2D eigenvalue weighted by molar-refractivity contribution is 5.93. The number of hydrogen-bond donors (Lipinski definition) is 2. The summed E-state index contributed by atoms with van der Waals surface area (Å²) in [6.45, 7) is 3.42. The molecule has 2 rings (SSSR count). The van der Waals surface area contributed by atoms with Crippen LogP contribution in [0.3, 0.4) is 0 Å². The molecule has 0 radical (unpaired) electrons. The third kappa shape index (κ3) is 5.99. The maximum atomic E-state index is 12.1. The summed E-state index contributed by atoms with van der Waals surface area (Å²) < 4.78 is 16.2. The van der Waals surface area contributed by atoms with Gasteiger partial charge in [-0.05, 0) is 30.2 Å². The van der Waals surface area contributed by atoms with Crippen molar-refractivity contribution in [2.75, 3.05) is 13.7 Å². The van der Waals surface area contributed by atoms with Crippen molar-refractivity contribution in [2.45, 2.75) is 32.9 Å². The van der Waals surface area contributed by atoms with Crippen LogP contribution in [0.5, 0.6) is 11.5 Å². The van der Waals surface area contributed by atoms with Crippen LogP contribution in [-0.2, 0) is 13.1 Å².